The number of hydrogen-bond acceptors (Lipinski definition) is 2. The minimum absolute atomic E-state index is 0.402. The van der Waals surface area contributed by atoms with Gasteiger partial charge in [0.25, 0.3) is 6.43 Å². The fraction of sp³-hybridized carbons (Fsp3) is 0.143. The molecule has 3 nitrogen and oxygen atoms in total. The molecule has 1 aromatic heterocycles. The molecule has 0 saturated carbocycles. The molecule has 0 unspecified atom stereocenters. The van der Waals surface area contributed by atoms with Gasteiger partial charge in [-0.25, -0.2) is 22.9 Å². The fourth-order valence-electron chi connectivity index (χ4n) is 0.770. The Morgan fingerprint density at radius 1 is 1.57 bits per heavy atom. The number of halogens is 4. The van der Waals surface area contributed by atoms with Crippen molar-refractivity contribution in [3.8, 4) is 0 Å². The van der Waals surface area contributed by atoms with Crippen molar-refractivity contribution >= 4 is 17.6 Å². The minimum atomic E-state index is -3.04. The molecule has 76 valence electrons. The molecule has 0 aliphatic heterocycles. The van der Waals surface area contributed by atoms with Gasteiger partial charge in [0.15, 0.2) is 5.69 Å². The fourth-order valence-corrected chi connectivity index (χ4v) is 0.948. The molecule has 14 heavy (non-hydrogen) atoms. The van der Waals surface area contributed by atoms with Crippen LogP contribution in [0.5, 0.6) is 0 Å². The summed E-state index contributed by atoms with van der Waals surface area (Å²) in [6.45, 7) is 0. The average molecular weight is 226 g/mol. The zero-order valence-corrected chi connectivity index (χ0v) is 7.23. The SMILES string of the molecule is O=C(O)c1nc(C(F)F)cc(F)c1Cl. The Morgan fingerprint density at radius 3 is 2.57 bits per heavy atom. The molecule has 0 amide bonds. The first kappa shape index (κ1) is 10.8. The van der Waals surface area contributed by atoms with Crippen molar-refractivity contribution in [3.63, 3.8) is 0 Å². The van der Waals surface area contributed by atoms with E-state index < -0.39 is 34.6 Å². The van der Waals surface area contributed by atoms with Crippen LogP contribution in [0.4, 0.5) is 13.2 Å². The number of alkyl halides is 2. The van der Waals surface area contributed by atoms with Gasteiger partial charge in [0.1, 0.15) is 16.5 Å². The monoisotopic (exact) mass is 225 g/mol. The van der Waals surface area contributed by atoms with Crippen LogP contribution in [0, 0.1) is 5.82 Å². The van der Waals surface area contributed by atoms with Crippen LogP contribution < -0.4 is 0 Å². The van der Waals surface area contributed by atoms with Crippen LogP contribution in [0.25, 0.3) is 0 Å². The second-order valence-electron chi connectivity index (χ2n) is 2.30. The first-order valence-corrected chi connectivity index (χ1v) is 3.68. The highest BCUT2D eigenvalue weighted by molar-refractivity contribution is 6.33. The summed E-state index contributed by atoms with van der Waals surface area (Å²) >= 11 is 5.20. The Labute approximate surface area is 81.1 Å². The van der Waals surface area contributed by atoms with Crippen LogP contribution in [0.1, 0.15) is 22.6 Å². The van der Waals surface area contributed by atoms with Gasteiger partial charge in [-0.1, -0.05) is 11.6 Å². The quantitative estimate of drug-likeness (QED) is 0.841. The molecule has 7 heteroatoms. The topological polar surface area (TPSA) is 50.2 Å². The molecular formula is C7H3ClF3NO2. The standard InChI is InChI=1S/C7H3ClF3NO2/c8-4-2(9)1-3(6(10)11)12-5(4)7(13)14/h1,6H,(H,13,14). The Balaban J connectivity index is 3.35. The van der Waals surface area contributed by atoms with Gasteiger partial charge in [-0.15, -0.1) is 0 Å². The van der Waals surface area contributed by atoms with E-state index in [1.807, 2.05) is 0 Å². The molecule has 0 saturated heterocycles. The molecular weight excluding hydrogens is 223 g/mol. The number of pyridine rings is 1. The predicted octanol–water partition coefficient (Wildman–Crippen LogP) is 2.51. The van der Waals surface area contributed by atoms with Crippen molar-refractivity contribution in [1.82, 2.24) is 4.98 Å². The van der Waals surface area contributed by atoms with E-state index in [4.69, 9.17) is 16.7 Å². The van der Waals surface area contributed by atoms with E-state index in [1.54, 1.807) is 0 Å². The Hall–Kier alpha value is -1.30. The summed E-state index contributed by atoms with van der Waals surface area (Å²) in [5.41, 5.74) is -1.87. The van der Waals surface area contributed by atoms with Crippen LogP contribution in [-0.2, 0) is 0 Å². The maximum Gasteiger partial charge on any atom is 0.356 e. The third kappa shape index (κ3) is 1.95. The van der Waals surface area contributed by atoms with E-state index in [1.165, 1.54) is 0 Å². The first-order chi connectivity index (χ1) is 6.43. The highest BCUT2D eigenvalue weighted by Crippen LogP contribution is 2.24. The van der Waals surface area contributed by atoms with Gasteiger partial charge in [0, 0.05) is 6.07 Å². The number of carboxylic acids is 1. The maximum atomic E-state index is 12.8. The molecule has 1 heterocycles. The van der Waals surface area contributed by atoms with Gasteiger partial charge >= 0.3 is 5.97 Å². The van der Waals surface area contributed by atoms with E-state index in [9.17, 15) is 18.0 Å². The van der Waals surface area contributed by atoms with Crippen LogP contribution >= 0.6 is 11.6 Å². The molecule has 1 aromatic rings. The second kappa shape index (κ2) is 3.83. The third-order valence-electron chi connectivity index (χ3n) is 1.36. The summed E-state index contributed by atoms with van der Waals surface area (Å²) < 4.78 is 36.9. The van der Waals surface area contributed by atoms with Gasteiger partial charge in [-0.05, 0) is 0 Å². The zero-order chi connectivity index (χ0) is 10.9. The lowest BCUT2D eigenvalue weighted by atomic mass is 10.3. The van der Waals surface area contributed by atoms with Crippen LogP contribution in [0.15, 0.2) is 6.07 Å². The largest absolute Gasteiger partial charge is 0.476 e. The number of carbonyl (C=O) groups is 1. The van der Waals surface area contributed by atoms with Gasteiger partial charge in [-0.3, -0.25) is 0 Å². The van der Waals surface area contributed by atoms with Crippen molar-refractivity contribution in [2.24, 2.45) is 0 Å². The van der Waals surface area contributed by atoms with E-state index >= 15 is 0 Å². The van der Waals surface area contributed by atoms with E-state index in [2.05, 4.69) is 4.98 Å². The normalized spacial score (nSPS) is 10.6. The summed E-state index contributed by atoms with van der Waals surface area (Å²) in [6, 6.07) is 0.402. The molecule has 0 fully saturated rings. The molecule has 0 bridgehead atoms. The molecule has 0 aliphatic rings. The Morgan fingerprint density at radius 2 is 2.14 bits per heavy atom. The smallest absolute Gasteiger partial charge is 0.356 e. The summed E-state index contributed by atoms with van der Waals surface area (Å²) in [7, 11) is 0. The third-order valence-corrected chi connectivity index (χ3v) is 1.72. The van der Waals surface area contributed by atoms with Gasteiger partial charge < -0.3 is 5.11 Å². The van der Waals surface area contributed by atoms with Crippen LogP contribution in [-0.4, -0.2) is 16.1 Å². The maximum absolute atomic E-state index is 12.8. The second-order valence-corrected chi connectivity index (χ2v) is 2.68. The number of hydrogen-bond donors (Lipinski definition) is 1. The van der Waals surface area contributed by atoms with Gasteiger partial charge in [0.05, 0.1) is 0 Å². The van der Waals surface area contributed by atoms with Gasteiger partial charge in [-0.2, -0.15) is 0 Å². The zero-order valence-electron chi connectivity index (χ0n) is 6.47. The Kier molecular flexibility index (Phi) is 2.95. The number of aromatic carboxylic acids is 1. The summed E-state index contributed by atoms with van der Waals surface area (Å²) in [6.07, 6.45) is -3.04. The lowest BCUT2D eigenvalue weighted by Crippen LogP contribution is -2.06. The number of aromatic nitrogens is 1. The first-order valence-electron chi connectivity index (χ1n) is 3.31. The van der Waals surface area contributed by atoms with Crippen LogP contribution in [0.3, 0.4) is 0 Å². The Bertz CT molecular complexity index is 383. The molecule has 0 aromatic carbocycles. The molecule has 0 aliphatic carbocycles. The van der Waals surface area contributed by atoms with E-state index in [0.717, 1.165) is 0 Å². The van der Waals surface area contributed by atoms with Gasteiger partial charge in [0.2, 0.25) is 0 Å². The van der Waals surface area contributed by atoms with Crippen molar-refractivity contribution in [2.75, 3.05) is 0 Å². The molecule has 1 rings (SSSR count). The van der Waals surface area contributed by atoms with Crippen molar-refractivity contribution < 1.29 is 23.1 Å². The van der Waals surface area contributed by atoms with Crippen molar-refractivity contribution in [1.29, 1.82) is 0 Å². The van der Waals surface area contributed by atoms with Crippen molar-refractivity contribution in [3.05, 3.63) is 28.3 Å². The molecule has 0 spiro atoms. The van der Waals surface area contributed by atoms with E-state index in [-0.39, 0.29) is 0 Å². The number of rotatable bonds is 2. The van der Waals surface area contributed by atoms with E-state index in [0.29, 0.717) is 6.07 Å². The highest BCUT2D eigenvalue weighted by atomic mass is 35.5. The number of nitrogens with zero attached hydrogens (tertiary/aromatic N) is 1. The number of carboxylic acid groups (broad SMARTS) is 1. The summed E-state index contributed by atoms with van der Waals surface area (Å²) in [4.78, 5) is 13.4. The summed E-state index contributed by atoms with van der Waals surface area (Å²) in [5, 5.41) is 7.66. The highest BCUT2D eigenvalue weighted by Gasteiger charge is 2.20. The summed E-state index contributed by atoms with van der Waals surface area (Å²) in [5.74, 6) is -2.88. The average Bonchev–Trinajstić information content (AvgIpc) is 2.08. The lowest BCUT2D eigenvalue weighted by molar-refractivity contribution is 0.0688. The van der Waals surface area contributed by atoms with Crippen LogP contribution in [0.2, 0.25) is 5.02 Å². The molecule has 0 radical (unpaired) electrons. The molecule has 0 atom stereocenters. The predicted molar refractivity (Wildman–Crippen MR) is 41.1 cm³/mol. The minimum Gasteiger partial charge on any atom is -0.476 e. The lowest BCUT2D eigenvalue weighted by Gasteiger charge is -2.03. The molecule has 1 N–H and O–H groups in total. The van der Waals surface area contributed by atoms with Crippen molar-refractivity contribution in [2.45, 2.75) is 6.43 Å².